The average Bonchev–Trinajstić information content (AvgIpc) is 3.53. The summed E-state index contributed by atoms with van der Waals surface area (Å²) in [6.45, 7) is 16.5. The first kappa shape index (κ1) is 54.6. The number of hydrogen-bond acceptors (Lipinski definition) is 12. The Morgan fingerprint density at radius 1 is 0.372 bits per heavy atom. The highest BCUT2D eigenvalue weighted by atomic mass is 16.7. The van der Waals surface area contributed by atoms with E-state index in [4.69, 9.17) is 37.9 Å². The number of rotatable bonds is 12. The summed E-state index contributed by atoms with van der Waals surface area (Å²) in [5.74, 6) is 14.7. The molecule has 0 aliphatic heterocycles. The third-order valence-electron chi connectivity index (χ3n) is 13.5. The van der Waals surface area contributed by atoms with Crippen LogP contribution in [0.25, 0.3) is 43.1 Å². The summed E-state index contributed by atoms with van der Waals surface area (Å²) in [5, 5.41) is 7.71. The molecule has 0 heterocycles. The maximum absolute atomic E-state index is 13.0. The van der Waals surface area contributed by atoms with E-state index in [-0.39, 0.29) is 50.1 Å². The van der Waals surface area contributed by atoms with Gasteiger partial charge in [0.05, 0.1) is 26.4 Å². The van der Waals surface area contributed by atoms with Crippen molar-refractivity contribution in [2.24, 2.45) is 23.7 Å². The second-order valence-electron chi connectivity index (χ2n) is 21.8. The van der Waals surface area contributed by atoms with Gasteiger partial charge in [-0.15, -0.1) is 0 Å². The Balaban J connectivity index is 1.16. The van der Waals surface area contributed by atoms with Gasteiger partial charge in [0.25, 0.3) is 0 Å². The van der Waals surface area contributed by atoms with Gasteiger partial charge in [-0.25, -0.2) is 19.2 Å². The molecule has 4 atom stereocenters. The molecule has 0 fully saturated rings. The first-order valence-corrected chi connectivity index (χ1v) is 27.0. The predicted molar refractivity (Wildman–Crippen MR) is 300 cm³/mol. The van der Waals surface area contributed by atoms with Crippen LogP contribution in [0.2, 0.25) is 0 Å². The summed E-state index contributed by atoms with van der Waals surface area (Å²) >= 11 is 0. The highest BCUT2D eigenvalue weighted by Crippen LogP contribution is 2.43. The smallest absolute Gasteiger partial charge is 0.434 e. The standard InChI is InChI=1S/C66H66O12/c1-39(2)35-71-63(67)75-59-25-27-61(77-65(69)73-37-41(5)6)57-29-43(19-23-51(57)59)17-21-49-53-31-45-13-9-11-15-47(45)33-55(53)50(56-34-48-16-12-10-14-46(48)32-54(49)56)22-18-44-20-24-52-58(30-44)62(78-66(70)74-38-42(7)8)28-26-60(52)76-64(68)72-36-40(3)4/h9-16,19-20,23-24,29-34,39-42,59-62H,25-28,35-38H2,1-8H3. The van der Waals surface area contributed by atoms with Crippen molar-refractivity contribution in [2.75, 3.05) is 26.4 Å². The predicted octanol–water partition coefficient (Wildman–Crippen LogP) is 16.1. The van der Waals surface area contributed by atoms with Gasteiger partial charge in [0.1, 0.15) is 24.4 Å². The minimum atomic E-state index is -0.768. The average molecular weight is 1050 g/mol. The molecule has 12 nitrogen and oxygen atoms in total. The SMILES string of the molecule is CC(C)COC(=O)OC1CCC(OC(=O)OCC(C)C)c2cc(C#Cc3c4cc5ccccc5cc4c(C#Cc4ccc5c(c4)C(OC(=O)OCC(C)C)CCC5OC(=O)OCC(C)C)c4cc5ccccc5cc34)ccc21. The lowest BCUT2D eigenvalue weighted by atomic mass is 9.85. The number of ether oxygens (including phenoxy) is 8. The molecule has 2 aliphatic rings. The molecular formula is C66H66O12. The van der Waals surface area contributed by atoms with Crippen LogP contribution in [-0.4, -0.2) is 51.0 Å². The van der Waals surface area contributed by atoms with Crippen LogP contribution in [0, 0.1) is 47.4 Å². The second kappa shape index (κ2) is 24.4. The van der Waals surface area contributed by atoms with Crippen LogP contribution in [-0.2, 0) is 37.9 Å². The summed E-state index contributed by atoms with van der Waals surface area (Å²) in [5.41, 5.74) is 5.68. The van der Waals surface area contributed by atoms with Gasteiger partial charge < -0.3 is 37.9 Å². The van der Waals surface area contributed by atoms with Crippen molar-refractivity contribution in [3.05, 3.63) is 154 Å². The Morgan fingerprint density at radius 3 is 0.910 bits per heavy atom. The number of hydrogen-bond donors (Lipinski definition) is 0. The fraction of sp³-hybridized carbons (Fsp3) is 0.364. The molecule has 0 bridgehead atoms. The summed E-state index contributed by atoms with van der Waals surface area (Å²) < 4.78 is 45.2. The normalized spacial score (nSPS) is 16.7. The van der Waals surface area contributed by atoms with E-state index in [1.54, 1.807) is 0 Å². The monoisotopic (exact) mass is 1050 g/mol. The first-order chi connectivity index (χ1) is 37.6. The zero-order valence-corrected chi connectivity index (χ0v) is 45.6. The van der Waals surface area contributed by atoms with Crippen molar-refractivity contribution in [2.45, 2.75) is 105 Å². The van der Waals surface area contributed by atoms with Crippen LogP contribution in [0.4, 0.5) is 19.2 Å². The molecule has 2 aliphatic carbocycles. The van der Waals surface area contributed by atoms with E-state index in [1.165, 1.54) is 0 Å². The van der Waals surface area contributed by atoms with Crippen LogP contribution in [0.3, 0.4) is 0 Å². The number of carbonyl (C=O) groups is 4. The summed E-state index contributed by atoms with van der Waals surface area (Å²) in [4.78, 5) is 51.7. The highest BCUT2D eigenvalue weighted by molar-refractivity contribution is 6.16. The summed E-state index contributed by atoms with van der Waals surface area (Å²) in [6.07, 6.45) is -4.03. The van der Waals surface area contributed by atoms with Crippen molar-refractivity contribution < 1.29 is 57.1 Å². The van der Waals surface area contributed by atoms with Crippen LogP contribution < -0.4 is 0 Å². The molecular weight excluding hydrogens is 985 g/mol. The van der Waals surface area contributed by atoms with Crippen molar-refractivity contribution >= 4 is 67.7 Å². The minimum Gasteiger partial charge on any atom is -0.434 e. The molecule has 402 valence electrons. The Labute approximate surface area is 455 Å². The molecule has 0 aromatic heterocycles. The lowest BCUT2D eigenvalue weighted by Gasteiger charge is -2.30. The Hall–Kier alpha value is -8.22. The maximum Gasteiger partial charge on any atom is 0.508 e. The molecule has 0 saturated carbocycles. The van der Waals surface area contributed by atoms with E-state index in [1.807, 2.05) is 116 Å². The fourth-order valence-corrected chi connectivity index (χ4v) is 9.84. The van der Waals surface area contributed by atoms with Crippen molar-refractivity contribution in [1.82, 2.24) is 0 Å². The van der Waals surface area contributed by atoms with Crippen LogP contribution in [0.5, 0.6) is 0 Å². The molecule has 4 unspecified atom stereocenters. The van der Waals surface area contributed by atoms with E-state index in [0.717, 1.165) is 54.2 Å². The molecule has 9 rings (SSSR count). The summed E-state index contributed by atoms with van der Waals surface area (Å²) in [7, 11) is 0. The molecule has 0 saturated heterocycles. The molecule has 78 heavy (non-hydrogen) atoms. The fourth-order valence-electron chi connectivity index (χ4n) is 9.84. The lowest BCUT2D eigenvalue weighted by molar-refractivity contribution is -0.0149. The van der Waals surface area contributed by atoms with Gasteiger partial charge in [-0.3, -0.25) is 0 Å². The van der Waals surface area contributed by atoms with Gasteiger partial charge in [0.15, 0.2) is 0 Å². The number of carbonyl (C=O) groups excluding carboxylic acids is 4. The van der Waals surface area contributed by atoms with Gasteiger partial charge in [-0.05, 0) is 152 Å². The lowest BCUT2D eigenvalue weighted by Crippen LogP contribution is -2.24. The molecule has 0 radical (unpaired) electrons. The minimum absolute atomic E-state index is 0.124. The quantitative estimate of drug-likeness (QED) is 0.0497. The zero-order valence-electron chi connectivity index (χ0n) is 45.6. The first-order valence-electron chi connectivity index (χ1n) is 27.0. The Bertz CT molecular complexity index is 3200. The van der Waals surface area contributed by atoms with Gasteiger partial charge in [-0.1, -0.05) is 140 Å². The van der Waals surface area contributed by atoms with Gasteiger partial charge in [0, 0.05) is 33.4 Å². The van der Waals surface area contributed by atoms with Crippen molar-refractivity contribution in [3.8, 4) is 23.7 Å². The van der Waals surface area contributed by atoms with Crippen molar-refractivity contribution in [1.29, 1.82) is 0 Å². The van der Waals surface area contributed by atoms with E-state index in [9.17, 15) is 19.2 Å². The Morgan fingerprint density at radius 2 is 0.641 bits per heavy atom. The largest absolute Gasteiger partial charge is 0.508 e. The molecule has 0 N–H and O–H groups in total. The van der Waals surface area contributed by atoms with Crippen molar-refractivity contribution in [3.63, 3.8) is 0 Å². The van der Waals surface area contributed by atoms with E-state index >= 15 is 0 Å². The highest BCUT2D eigenvalue weighted by Gasteiger charge is 2.35. The van der Waals surface area contributed by atoms with Crippen LogP contribution >= 0.6 is 0 Å². The summed E-state index contributed by atoms with van der Waals surface area (Å²) in [6, 6.07) is 36.4. The van der Waals surface area contributed by atoms with Gasteiger partial charge in [-0.2, -0.15) is 0 Å². The van der Waals surface area contributed by atoms with Crippen LogP contribution in [0.1, 0.15) is 150 Å². The Kier molecular flexibility index (Phi) is 17.1. The third-order valence-corrected chi connectivity index (χ3v) is 13.5. The van der Waals surface area contributed by atoms with E-state index in [2.05, 4.69) is 72.2 Å². The molecule has 7 aromatic carbocycles. The molecule has 0 amide bonds. The van der Waals surface area contributed by atoms with E-state index in [0.29, 0.717) is 59.1 Å². The molecule has 12 heteroatoms. The van der Waals surface area contributed by atoms with Crippen LogP contribution in [0.15, 0.2) is 109 Å². The van der Waals surface area contributed by atoms with Gasteiger partial charge in [0.2, 0.25) is 0 Å². The molecule has 7 aromatic rings. The van der Waals surface area contributed by atoms with Gasteiger partial charge >= 0.3 is 24.6 Å². The zero-order chi connectivity index (χ0) is 55.0. The maximum atomic E-state index is 13.0. The third kappa shape index (κ3) is 13.1. The topological polar surface area (TPSA) is 142 Å². The second-order valence-corrected chi connectivity index (χ2v) is 21.8. The van der Waals surface area contributed by atoms with E-state index < -0.39 is 49.0 Å². The number of benzene rings is 7. The number of fused-ring (bicyclic) bond motifs is 6. The molecule has 0 spiro atoms.